The van der Waals surface area contributed by atoms with E-state index in [4.69, 9.17) is 0 Å². The Bertz CT molecular complexity index is 1280. The predicted molar refractivity (Wildman–Crippen MR) is 128 cm³/mol. The van der Waals surface area contributed by atoms with Gasteiger partial charge in [0.2, 0.25) is 0 Å². The van der Waals surface area contributed by atoms with E-state index in [9.17, 15) is 33.2 Å². The van der Waals surface area contributed by atoms with E-state index < -0.39 is 22.8 Å². The van der Waals surface area contributed by atoms with E-state index in [1.807, 2.05) is 0 Å². The number of hydrogen-bond acceptors (Lipinski definition) is 5. The summed E-state index contributed by atoms with van der Waals surface area (Å²) in [5.41, 5.74) is 0.432. The molecule has 2 aromatic carbocycles. The number of carbonyl (C=O) groups is 1. The molecule has 1 aliphatic heterocycles. The lowest BCUT2D eigenvalue weighted by atomic mass is 10.0. The van der Waals surface area contributed by atoms with Gasteiger partial charge in [0.25, 0.3) is 5.69 Å². The summed E-state index contributed by atoms with van der Waals surface area (Å²) in [5, 5.41) is 21.5. The fraction of sp³-hybridized carbons (Fsp3) is 0.280. The van der Waals surface area contributed by atoms with Gasteiger partial charge >= 0.3 is 12.3 Å². The molecule has 1 N–H and O–H groups in total. The highest BCUT2D eigenvalue weighted by molar-refractivity contribution is 5.87. The van der Waals surface area contributed by atoms with Crippen molar-refractivity contribution in [2.75, 3.05) is 22.9 Å². The van der Waals surface area contributed by atoms with Gasteiger partial charge in [-0.25, -0.2) is 4.79 Å². The zero-order valence-electron chi connectivity index (χ0n) is 19.1. The molecule has 8 nitrogen and oxygen atoms in total. The minimum Gasteiger partial charge on any atom is -0.465 e. The third kappa shape index (κ3) is 5.56. The molecule has 0 unspecified atom stereocenters. The molecule has 0 spiro atoms. The first-order chi connectivity index (χ1) is 17.1. The van der Waals surface area contributed by atoms with E-state index in [-0.39, 0.29) is 34.7 Å². The van der Waals surface area contributed by atoms with Crippen molar-refractivity contribution < 1.29 is 28.0 Å². The normalized spacial score (nSPS) is 13.9. The summed E-state index contributed by atoms with van der Waals surface area (Å²) in [4.78, 5) is 30.5. The molecule has 36 heavy (non-hydrogen) atoms. The standard InChI is InChI=1S/C25H23F3N4O4/c26-25(27,28)18-6-4-5-17(13-18)16-31(24(33)34)20-9-10-29-22(15-20)21-14-19(7-8-23(21)32(35)36)30-11-2-1-3-12-30/h4-10,13-15H,1-3,11-12,16H2,(H,33,34). The molecule has 4 rings (SSSR count). The molecule has 0 saturated carbocycles. The number of nitro groups is 1. The number of halogens is 3. The van der Waals surface area contributed by atoms with E-state index in [2.05, 4.69) is 9.88 Å². The smallest absolute Gasteiger partial charge is 0.416 e. The fourth-order valence-electron chi connectivity index (χ4n) is 4.27. The van der Waals surface area contributed by atoms with Crippen LogP contribution in [-0.4, -0.2) is 34.2 Å². The summed E-state index contributed by atoms with van der Waals surface area (Å²) in [7, 11) is 0. The second-order valence-electron chi connectivity index (χ2n) is 8.47. The summed E-state index contributed by atoms with van der Waals surface area (Å²) < 4.78 is 39.3. The number of amides is 1. The van der Waals surface area contributed by atoms with Crippen molar-refractivity contribution in [3.63, 3.8) is 0 Å². The number of anilines is 2. The quantitative estimate of drug-likeness (QED) is 0.313. The summed E-state index contributed by atoms with van der Waals surface area (Å²) >= 11 is 0. The van der Waals surface area contributed by atoms with Gasteiger partial charge in [-0.3, -0.25) is 20.0 Å². The highest BCUT2D eigenvalue weighted by Crippen LogP contribution is 2.35. The van der Waals surface area contributed by atoms with Gasteiger partial charge in [-0.1, -0.05) is 12.1 Å². The Morgan fingerprint density at radius 3 is 2.50 bits per heavy atom. The Morgan fingerprint density at radius 1 is 1.08 bits per heavy atom. The van der Waals surface area contributed by atoms with Crippen molar-refractivity contribution in [1.29, 1.82) is 0 Å². The van der Waals surface area contributed by atoms with Gasteiger partial charge in [0.1, 0.15) is 0 Å². The second-order valence-corrected chi connectivity index (χ2v) is 8.47. The first-order valence-electron chi connectivity index (χ1n) is 11.3. The van der Waals surface area contributed by atoms with Crippen molar-refractivity contribution in [2.45, 2.75) is 32.0 Å². The lowest BCUT2D eigenvalue weighted by molar-refractivity contribution is -0.384. The first-order valence-corrected chi connectivity index (χ1v) is 11.3. The summed E-state index contributed by atoms with van der Waals surface area (Å²) in [6.45, 7) is 1.31. The molecule has 1 aromatic heterocycles. The Hall–Kier alpha value is -4.15. The SMILES string of the molecule is O=C(O)N(Cc1cccc(C(F)(F)F)c1)c1ccnc(-c2cc(N3CCCCC3)ccc2[N+](=O)[O-])c1. The lowest BCUT2D eigenvalue weighted by Crippen LogP contribution is -2.29. The van der Waals surface area contributed by atoms with Gasteiger partial charge in [0.15, 0.2) is 0 Å². The van der Waals surface area contributed by atoms with Crippen LogP contribution in [0.5, 0.6) is 0 Å². The number of hydrogen-bond donors (Lipinski definition) is 1. The Kier molecular flexibility index (Phi) is 7.09. The van der Waals surface area contributed by atoms with Crippen molar-refractivity contribution in [3.8, 4) is 11.3 Å². The summed E-state index contributed by atoms with van der Waals surface area (Å²) in [6.07, 6.45) is -1.47. The molecule has 11 heteroatoms. The number of carboxylic acid groups (broad SMARTS) is 1. The fourth-order valence-corrected chi connectivity index (χ4v) is 4.27. The maximum absolute atomic E-state index is 13.1. The van der Waals surface area contributed by atoms with Gasteiger partial charge in [-0.15, -0.1) is 0 Å². The highest BCUT2D eigenvalue weighted by atomic mass is 19.4. The van der Waals surface area contributed by atoms with Crippen LogP contribution in [0.4, 0.5) is 35.0 Å². The van der Waals surface area contributed by atoms with Crippen LogP contribution in [0, 0.1) is 10.1 Å². The van der Waals surface area contributed by atoms with E-state index in [0.717, 1.165) is 55.1 Å². The number of aromatic nitrogens is 1. The summed E-state index contributed by atoms with van der Waals surface area (Å²) in [6, 6.07) is 12.0. The largest absolute Gasteiger partial charge is 0.465 e. The average Bonchev–Trinajstić information content (AvgIpc) is 2.87. The lowest BCUT2D eigenvalue weighted by Gasteiger charge is -2.29. The van der Waals surface area contributed by atoms with Crippen LogP contribution in [0.25, 0.3) is 11.3 Å². The Morgan fingerprint density at radius 2 is 1.83 bits per heavy atom. The molecular formula is C25H23F3N4O4. The van der Waals surface area contributed by atoms with Crippen molar-refractivity contribution in [1.82, 2.24) is 4.98 Å². The zero-order valence-corrected chi connectivity index (χ0v) is 19.1. The Labute approximate surface area is 204 Å². The van der Waals surface area contributed by atoms with Crippen LogP contribution in [-0.2, 0) is 12.7 Å². The van der Waals surface area contributed by atoms with Crippen LogP contribution >= 0.6 is 0 Å². The molecule has 1 fully saturated rings. The number of alkyl halides is 3. The van der Waals surface area contributed by atoms with Gasteiger partial charge in [0, 0.05) is 31.0 Å². The molecule has 0 radical (unpaired) electrons. The van der Waals surface area contributed by atoms with Gasteiger partial charge in [-0.05, 0) is 61.2 Å². The van der Waals surface area contributed by atoms with Crippen LogP contribution in [0.2, 0.25) is 0 Å². The number of nitrogens with zero attached hydrogens (tertiary/aromatic N) is 4. The minimum atomic E-state index is -4.56. The van der Waals surface area contributed by atoms with Gasteiger partial charge in [-0.2, -0.15) is 13.2 Å². The summed E-state index contributed by atoms with van der Waals surface area (Å²) in [5.74, 6) is 0. The maximum atomic E-state index is 13.1. The van der Waals surface area contributed by atoms with E-state index >= 15 is 0 Å². The molecule has 0 aliphatic carbocycles. The number of piperidine rings is 1. The highest BCUT2D eigenvalue weighted by Gasteiger charge is 2.31. The number of nitro benzene ring substituents is 1. The van der Waals surface area contributed by atoms with E-state index in [0.29, 0.717) is 0 Å². The topological polar surface area (TPSA) is 99.8 Å². The van der Waals surface area contributed by atoms with Crippen molar-refractivity contribution in [2.24, 2.45) is 0 Å². The van der Waals surface area contributed by atoms with E-state index in [1.54, 1.807) is 12.1 Å². The average molecular weight is 500 g/mol. The molecule has 188 valence electrons. The number of pyridine rings is 1. The van der Waals surface area contributed by atoms with Crippen molar-refractivity contribution in [3.05, 3.63) is 82.0 Å². The molecule has 1 saturated heterocycles. The third-order valence-electron chi connectivity index (χ3n) is 6.06. The van der Waals surface area contributed by atoms with Gasteiger partial charge < -0.3 is 10.0 Å². The predicted octanol–water partition coefficient (Wildman–Crippen LogP) is 6.35. The molecule has 1 amide bonds. The third-order valence-corrected chi connectivity index (χ3v) is 6.06. The number of rotatable bonds is 6. The molecule has 2 heterocycles. The van der Waals surface area contributed by atoms with Crippen LogP contribution in [0.15, 0.2) is 60.8 Å². The molecule has 0 bridgehead atoms. The molecular weight excluding hydrogens is 477 g/mol. The molecule has 3 aromatic rings. The van der Waals surface area contributed by atoms with Crippen molar-refractivity contribution >= 4 is 23.2 Å². The zero-order chi connectivity index (χ0) is 25.9. The number of benzene rings is 2. The van der Waals surface area contributed by atoms with E-state index in [1.165, 1.54) is 36.5 Å². The minimum absolute atomic E-state index is 0.127. The van der Waals surface area contributed by atoms with Crippen LogP contribution in [0.3, 0.4) is 0 Å². The maximum Gasteiger partial charge on any atom is 0.416 e. The van der Waals surface area contributed by atoms with Crippen LogP contribution < -0.4 is 9.80 Å². The van der Waals surface area contributed by atoms with Crippen LogP contribution in [0.1, 0.15) is 30.4 Å². The molecule has 1 aliphatic rings. The Balaban J connectivity index is 1.71. The van der Waals surface area contributed by atoms with Gasteiger partial charge in [0.05, 0.1) is 34.0 Å². The monoisotopic (exact) mass is 500 g/mol. The molecule has 0 atom stereocenters. The first kappa shape index (κ1) is 25.0. The second kappa shape index (κ2) is 10.2.